The lowest BCUT2D eigenvalue weighted by Crippen LogP contribution is -2.48. The van der Waals surface area contributed by atoms with Crippen LogP contribution in [0, 0.1) is 11.8 Å². The zero-order valence-corrected chi connectivity index (χ0v) is 22.1. The SMILES string of the molecule is CNC(=O)[C@@H]1Cc2ccc(cc2)OCCCC[C@H](C(=O)NO)[C@@H](CCCc2cccc3ccccc23)CN1. The quantitative estimate of drug-likeness (QED) is 0.287. The molecule has 0 aliphatic carbocycles. The largest absolute Gasteiger partial charge is 0.494 e. The predicted octanol–water partition coefficient (Wildman–Crippen LogP) is 4.41. The third-order valence-electron chi connectivity index (χ3n) is 7.65. The van der Waals surface area contributed by atoms with Gasteiger partial charge in [-0.15, -0.1) is 0 Å². The molecular formula is C31H39N3O4. The number of fused-ring (bicyclic) bond motifs is 13. The number of ether oxygens (including phenoxy) is 1. The molecule has 202 valence electrons. The number of hydroxylamine groups is 1. The van der Waals surface area contributed by atoms with Gasteiger partial charge in [-0.25, -0.2) is 5.48 Å². The summed E-state index contributed by atoms with van der Waals surface area (Å²) in [5.74, 6) is -0.0759. The minimum Gasteiger partial charge on any atom is -0.494 e. The van der Waals surface area contributed by atoms with Crippen LogP contribution in [0.2, 0.25) is 0 Å². The van der Waals surface area contributed by atoms with Crippen LogP contribution in [0.5, 0.6) is 5.75 Å². The predicted molar refractivity (Wildman–Crippen MR) is 149 cm³/mol. The topological polar surface area (TPSA) is 99.7 Å². The molecule has 0 fully saturated rings. The molecule has 7 heteroatoms. The molecule has 2 amide bonds. The van der Waals surface area contributed by atoms with Crippen LogP contribution >= 0.6 is 0 Å². The fourth-order valence-electron chi connectivity index (χ4n) is 5.51. The molecule has 0 saturated carbocycles. The maximum atomic E-state index is 12.8. The first-order valence-electron chi connectivity index (χ1n) is 13.7. The third kappa shape index (κ3) is 7.33. The van der Waals surface area contributed by atoms with Gasteiger partial charge < -0.3 is 15.4 Å². The summed E-state index contributed by atoms with van der Waals surface area (Å²) in [7, 11) is 1.64. The van der Waals surface area contributed by atoms with Gasteiger partial charge in [0.05, 0.1) is 12.6 Å². The van der Waals surface area contributed by atoms with E-state index in [2.05, 4.69) is 53.1 Å². The number of hydrogen-bond acceptors (Lipinski definition) is 5. The molecule has 0 saturated heterocycles. The van der Waals surface area contributed by atoms with Crippen molar-refractivity contribution in [1.82, 2.24) is 16.1 Å². The van der Waals surface area contributed by atoms with Gasteiger partial charge in [0, 0.05) is 13.0 Å². The Morgan fingerprint density at radius 3 is 2.58 bits per heavy atom. The second-order valence-corrected chi connectivity index (χ2v) is 10.1. The zero-order chi connectivity index (χ0) is 26.7. The van der Waals surface area contributed by atoms with Crippen molar-refractivity contribution in [2.75, 3.05) is 20.2 Å². The number of amides is 2. The van der Waals surface area contributed by atoms with E-state index >= 15 is 0 Å². The van der Waals surface area contributed by atoms with Gasteiger partial charge in [-0.3, -0.25) is 14.8 Å². The summed E-state index contributed by atoms with van der Waals surface area (Å²) in [4.78, 5) is 25.6. The first kappa shape index (κ1) is 27.6. The number of hydrogen-bond donors (Lipinski definition) is 4. The number of aryl methyl sites for hydroxylation is 1. The average molecular weight is 518 g/mol. The molecule has 7 nitrogen and oxygen atoms in total. The van der Waals surface area contributed by atoms with Crippen molar-refractivity contribution in [2.24, 2.45) is 11.8 Å². The lowest BCUT2D eigenvalue weighted by molar-refractivity contribution is -0.135. The summed E-state index contributed by atoms with van der Waals surface area (Å²) in [5.41, 5.74) is 4.23. The second-order valence-electron chi connectivity index (χ2n) is 10.1. The van der Waals surface area contributed by atoms with E-state index in [1.54, 1.807) is 7.05 Å². The number of benzene rings is 3. The minimum absolute atomic E-state index is 0.0443. The molecule has 4 N–H and O–H groups in total. The number of likely N-dealkylation sites (N-methyl/N-ethyl adjacent to an activating group) is 1. The van der Waals surface area contributed by atoms with Crippen molar-refractivity contribution in [1.29, 1.82) is 0 Å². The third-order valence-corrected chi connectivity index (χ3v) is 7.65. The van der Waals surface area contributed by atoms with E-state index in [9.17, 15) is 14.8 Å². The normalized spacial score (nSPS) is 20.6. The van der Waals surface area contributed by atoms with Crippen LogP contribution in [0.1, 0.15) is 43.2 Å². The highest BCUT2D eigenvalue weighted by Crippen LogP contribution is 2.27. The molecule has 3 aromatic rings. The summed E-state index contributed by atoms with van der Waals surface area (Å²) < 4.78 is 5.88. The van der Waals surface area contributed by atoms with Gasteiger partial charge in [0.15, 0.2) is 0 Å². The van der Waals surface area contributed by atoms with Crippen LogP contribution in [-0.4, -0.2) is 43.3 Å². The van der Waals surface area contributed by atoms with Crippen molar-refractivity contribution < 1.29 is 19.5 Å². The molecule has 0 radical (unpaired) electrons. The Morgan fingerprint density at radius 2 is 1.79 bits per heavy atom. The Hall–Kier alpha value is -3.42. The van der Waals surface area contributed by atoms with Crippen LogP contribution in [-0.2, 0) is 22.4 Å². The van der Waals surface area contributed by atoms with E-state index in [0.717, 1.165) is 43.4 Å². The molecule has 3 aromatic carbocycles. The highest BCUT2D eigenvalue weighted by Gasteiger charge is 2.29. The van der Waals surface area contributed by atoms with Gasteiger partial charge in [-0.05, 0) is 91.4 Å². The molecule has 2 aliphatic heterocycles. The van der Waals surface area contributed by atoms with E-state index in [1.165, 1.54) is 16.3 Å². The maximum absolute atomic E-state index is 12.8. The van der Waals surface area contributed by atoms with E-state index in [-0.39, 0.29) is 23.7 Å². The van der Waals surface area contributed by atoms with Crippen LogP contribution < -0.4 is 20.9 Å². The van der Waals surface area contributed by atoms with Crippen molar-refractivity contribution in [3.63, 3.8) is 0 Å². The number of carbonyl (C=O) groups is 2. The van der Waals surface area contributed by atoms with Gasteiger partial charge >= 0.3 is 0 Å². The number of carbonyl (C=O) groups excluding carboxylic acids is 2. The fraction of sp³-hybridized carbons (Fsp3) is 0.419. The monoisotopic (exact) mass is 517 g/mol. The van der Waals surface area contributed by atoms with Gasteiger partial charge in [0.2, 0.25) is 11.8 Å². The molecule has 5 rings (SSSR count). The van der Waals surface area contributed by atoms with E-state index in [4.69, 9.17) is 4.74 Å². The first-order valence-corrected chi connectivity index (χ1v) is 13.7. The Balaban J connectivity index is 1.53. The van der Waals surface area contributed by atoms with Crippen LogP contribution in [0.25, 0.3) is 10.8 Å². The highest BCUT2D eigenvalue weighted by atomic mass is 16.5. The van der Waals surface area contributed by atoms with Gasteiger partial charge in [-0.1, -0.05) is 54.6 Å². The molecule has 0 unspecified atom stereocenters. The molecule has 2 aliphatic rings. The molecular weight excluding hydrogens is 478 g/mol. The Kier molecular flexibility index (Phi) is 10.1. The van der Waals surface area contributed by atoms with E-state index < -0.39 is 6.04 Å². The molecule has 3 atom stereocenters. The van der Waals surface area contributed by atoms with Gasteiger partial charge in [0.1, 0.15) is 5.75 Å². The smallest absolute Gasteiger partial charge is 0.246 e. The van der Waals surface area contributed by atoms with Gasteiger partial charge in [-0.2, -0.15) is 0 Å². The lowest BCUT2D eigenvalue weighted by Gasteiger charge is -2.28. The van der Waals surface area contributed by atoms with Crippen molar-refractivity contribution in [3.8, 4) is 5.75 Å². The molecule has 0 spiro atoms. The van der Waals surface area contributed by atoms with Crippen LogP contribution in [0.4, 0.5) is 0 Å². The highest BCUT2D eigenvalue weighted by molar-refractivity contribution is 5.85. The summed E-state index contributed by atoms with van der Waals surface area (Å²) in [6, 6.07) is 22.2. The van der Waals surface area contributed by atoms with Crippen LogP contribution in [0.3, 0.4) is 0 Å². The Labute approximate surface area is 224 Å². The summed E-state index contributed by atoms with van der Waals surface area (Å²) in [6.07, 6.45) is 5.36. The summed E-state index contributed by atoms with van der Waals surface area (Å²) in [5, 5.41) is 18.3. The minimum atomic E-state index is -0.435. The first-order chi connectivity index (χ1) is 18.6. The van der Waals surface area contributed by atoms with E-state index in [1.807, 2.05) is 29.7 Å². The molecule has 2 heterocycles. The van der Waals surface area contributed by atoms with Crippen LogP contribution in [0.15, 0.2) is 66.7 Å². The zero-order valence-electron chi connectivity index (χ0n) is 22.1. The summed E-state index contributed by atoms with van der Waals surface area (Å²) >= 11 is 0. The lowest BCUT2D eigenvalue weighted by atomic mass is 9.82. The second kappa shape index (κ2) is 13.9. The number of rotatable bonds is 6. The Bertz CT molecular complexity index is 1190. The van der Waals surface area contributed by atoms with Crippen molar-refractivity contribution >= 4 is 22.6 Å². The van der Waals surface area contributed by atoms with E-state index in [0.29, 0.717) is 26.0 Å². The van der Waals surface area contributed by atoms with Crippen molar-refractivity contribution in [3.05, 3.63) is 77.9 Å². The molecule has 38 heavy (non-hydrogen) atoms. The number of nitrogens with one attached hydrogen (secondary N) is 3. The molecule has 0 aromatic heterocycles. The summed E-state index contributed by atoms with van der Waals surface area (Å²) in [6.45, 7) is 1.07. The average Bonchev–Trinajstić information content (AvgIpc) is 2.97. The van der Waals surface area contributed by atoms with Crippen molar-refractivity contribution in [2.45, 2.75) is 51.0 Å². The standard InChI is InChI=1S/C31H39N3O4/c1-32-31(36)29-20-22-15-17-26(18-16-22)38-19-5-4-14-28(30(35)34-37)25(21-33-29)12-7-11-24-10-6-9-23-8-2-3-13-27(23)24/h2-3,6,8-10,13,15-18,25,28-29,33,37H,4-5,7,11-12,14,19-21H2,1H3,(H,32,36)(H,34,35)/t25-,28-,29-/m0/s1. The maximum Gasteiger partial charge on any atom is 0.246 e. The Morgan fingerprint density at radius 1 is 1.00 bits per heavy atom. The molecule has 2 bridgehead atoms. The van der Waals surface area contributed by atoms with Gasteiger partial charge in [0.25, 0.3) is 0 Å². The fourth-order valence-corrected chi connectivity index (χ4v) is 5.51.